The monoisotopic (exact) mass is 816 g/mol. The van der Waals surface area contributed by atoms with Crippen molar-refractivity contribution in [3.05, 3.63) is 204 Å². The van der Waals surface area contributed by atoms with Crippen LogP contribution in [0.4, 0.5) is 11.4 Å². The van der Waals surface area contributed by atoms with Gasteiger partial charge in [-0.1, -0.05) is 72.8 Å². The molecule has 0 aliphatic rings. The first kappa shape index (κ1) is 37.3. The number of fused-ring (bicyclic) bond motifs is 6. The van der Waals surface area contributed by atoms with E-state index in [1.54, 1.807) is 18.3 Å². The zero-order valence-electron chi connectivity index (χ0n) is 33.6. The van der Waals surface area contributed by atoms with Crippen LogP contribution in [0.3, 0.4) is 0 Å². The minimum atomic E-state index is 0.478. The first-order valence-corrected chi connectivity index (χ1v) is 20.2. The maximum absolute atomic E-state index is 9.84. The van der Waals surface area contributed by atoms with E-state index >= 15 is 0 Å². The van der Waals surface area contributed by atoms with Crippen LogP contribution in [-0.4, -0.2) is 29.1 Å². The zero-order chi connectivity index (χ0) is 43.3. The lowest BCUT2D eigenvalue weighted by Crippen LogP contribution is -2.03. The number of nitrogens with zero attached hydrogens (tertiary/aromatic N) is 10. The third-order valence-electron chi connectivity index (χ3n) is 11.5. The average Bonchev–Trinajstić information content (AvgIpc) is 3.87. The molecule has 0 spiro atoms. The number of hydrogen-bond donors (Lipinski definition) is 0. The standard InChI is InChI=1S/C54H28N10/c1-57-38-16-21-49-43(28-38)44-29-39(58-2)17-22-50(44)64(49)51-20-15-37(54-61-52(35-9-5-3-6-10-35)60-53(62-54)36-11-7-4-8-12-36)27-45(51)46-30-40(23-24-59-46)63-47-18-13-33(31-55)25-41(47)42-26-34(32-56)14-19-48(42)63/h3-30H. The van der Waals surface area contributed by atoms with Gasteiger partial charge < -0.3 is 9.13 Å². The highest BCUT2D eigenvalue weighted by Crippen LogP contribution is 2.41. The van der Waals surface area contributed by atoms with Gasteiger partial charge in [-0.05, 0) is 102 Å². The fourth-order valence-corrected chi connectivity index (χ4v) is 8.56. The van der Waals surface area contributed by atoms with E-state index in [9.17, 15) is 10.5 Å². The molecular formula is C54H28N10. The van der Waals surface area contributed by atoms with E-state index in [-0.39, 0.29) is 0 Å². The molecule has 10 heteroatoms. The third kappa shape index (κ3) is 6.16. The van der Waals surface area contributed by atoms with Gasteiger partial charge in [0.25, 0.3) is 0 Å². The molecule has 11 aromatic rings. The van der Waals surface area contributed by atoms with Gasteiger partial charge in [0.05, 0.1) is 69.9 Å². The molecule has 4 aromatic heterocycles. The molecule has 10 nitrogen and oxygen atoms in total. The van der Waals surface area contributed by atoms with Crippen LogP contribution >= 0.6 is 0 Å². The molecule has 0 aliphatic carbocycles. The van der Waals surface area contributed by atoms with Crippen LogP contribution in [0.1, 0.15) is 11.1 Å². The van der Waals surface area contributed by atoms with E-state index in [4.69, 9.17) is 33.1 Å². The van der Waals surface area contributed by atoms with Gasteiger partial charge in [0.2, 0.25) is 0 Å². The topological polar surface area (TPSA) is 118 Å². The van der Waals surface area contributed by atoms with E-state index in [0.29, 0.717) is 45.7 Å². The van der Waals surface area contributed by atoms with Gasteiger partial charge >= 0.3 is 0 Å². The summed E-state index contributed by atoms with van der Waals surface area (Å²) >= 11 is 0. The molecule has 0 fully saturated rings. The Morgan fingerprint density at radius 2 is 0.938 bits per heavy atom. The van der Waals surface area contributed by atoms with Crippen molar-refractivity contribution in [3.63, 3.8) is 0 Å². The van der Waals surface area contributed by atoms with Crippen molar-refractivity contribution >= 4 is 55.0 Å². The number of pyridine rings is 1. The molecule has 0 unspecified atom stereocenters. The Hall–Kier alpha value is -9.74. The average molecular weight is 817 g/mol. The fraction of sp³-hybridized carbons (Fsp3) is 0. The molecule has 294 valence electrons. The SMILES string of the molecule is [C-]#[N+]c1ccc2c(c1)c1cc([N+]#[C-])ccc1n2-c1ccc(-c2nc(-c3ccccc3)nc(-c3ccccc3)n2)cc1-c1cc(-n2c3ccc(C#N)cc3c3cc(C#N)ccc32)ccn1. The molecular weight excluding hydrogens is 789 g/mol. The van der Waals surface area contributed by atoms with Crippen molar-refractivity contribution in [2.45, 2.75) is 0 Å². The second-order valence-corrected chi connectivity index (χ2v) is 15.2. The van der Waals surface area contributed by atoms with Crippen molar-refractivity contribution in [1.29, 1.82) is 10.5 Å². The normalized spacial score (nSPS) is 11.1. The van der Waals surface area contributed by atoms with Crippen LogP contribution in [-0.2, 0) is 0 Å². The molecule has 0 aliphatic heterocycles. The summed E-state index contributed by atoms with van der Waals surface area (Å²) in [5, 5.41) is 23.1. The van der Waals surface area contributed by atoms with Crippen LogP contribution in [0, 0.1) is 35.8 Å². The molecule has 0 atom stereocenters. The van der Waals surface area contributed by atoms with Crippen LogP contribution in [0.15, 0.2) is 170 Å². The summed E-state index contributed by atoms with van der Waals surface area (Å²) in [5.41, 5.74) is 11.0. The van der Waals surface area contributed by atoms with Gasteiger partial charge in [-0.25, -0.2) is 24.6 Å². The molecule has 0 saturated heterocycles. The Balaban J connectivity index is 1.19. The summed E-state index contributed by atoms with van der Waals surface area (Å²) < 4.78 is 4.29. The molecule has 0 saturated carbocycles. The predicted octanol–water partition coefficient (Wildman–Crippen LogP) is 13.0. The zero-order valence-corrected chi connectivity index (χ0v) is 33.6. The summed E-state index contributed by atoms with van der Waals surface area (Å²) in [6.45, 7) is 15.6. The van der Waals surface area contributed by atoms with Crippen LogP contribution < -0.4 is 0 Å². The molecule has 0 radical (unpaired) electrons. The van der Waals surface area contributed by atoms with Crippen molar-refractivity contribution in [2.75, 3.05) is 0 Å². The Morgan fingerprint density at radius 3 is 1.45 bits per heavy atom. The van der Waals surface area contributed by atoms with E-state index in [1.807, 2.05) is 146 Å². The number of benzene rings is 7. The van der Waals surface area contributed by atoms with Gasteiger partial charge in [0.15, 0.2) is 28.8 Å². The van der Waals surface area contributed by atoms with Crippen molar-refractivity contribution in [3.8, 4) is 68.9 Å². The van der Waals surface area contributed by atoms with E-state index in [2.05, 4.69) is 37.0 Å². The summed E-state index contributed by atoms with van der Waals surface area (Å²) in [6.07, 6.45) is 1.78. The predicted molar refractivity (Wildman–Crippen MR) is 250 cm³/mol. The number of nitriles is 2. The number of aromatic nitrogens is 6. The lowest BCUT2D eigenvalue weighted by Gasteiger charge is -2.17. The van der Waals surface area contributed by atoms with Crippen LogP contribution in [0.5, 0.6) is 0 Å². The Bertz CT molecular complexity index is 3690. The Labute approximate surface area is 366 Å². The van der Waals surface area contributed by atoms with Crippen molar-refractivity contribution in [2.24, 2.45) is 0 Å². The largest absolute Gasteiger partial charge is 0.309 e. The third-order valence-corrected chi connectivity index (χ3v) is 11.5. The van der Waals surface area contributed by atoms with Gasteiger partial charge in [0.1, 0.15) is 0 Å². The Morgan fingerprint density at radius 1 is 0.453 bits per heavy atom. The lowest BCUT2D eigenvalue weighted by atomic mass is 10.0. The fourth-order valence-electron chi connectivity index (χ4n) is 8.56. The van der Waals surface area contributed by atoms with Gasteiger partial charge in [-0.15, -0.1) is 0 Å². The first-order chi connectivity index (χ1) is 31.5. The number of hydrogen-bond acceptors (Lipinski definition) is 6. The highest BCUT2D eigenvalue weighted by atomic mass is 15.0. The van der Waals surface area contributed by atoms with Crippen LogP contribution in [0.2, 0.25) is 0 Å². The molecule has 11 rings (SSSR count). The van der Waals surface area contributed by atoms with E-state index in [0.717, 1.165) is 77.2 Å². The Kier molecular flexibility index (Phi) is 8.77. The maximum atomic E-state index is 9.84. The van der Waals surface area contributed by atoms with Gasteiger partial charge in [-0.3, -0.25) is 4.98 Å². The summed E-state index contributed by atoms with van der Waals surface area (Å²) in [4.78, 5) is 27.6. The highest BCUT2D eigenvalue weighted by Gasteiger charge is 2.21. The minimum absolute atomic E-state index is 0.478. The second kappa shape index (κ2) is 15.1. The summed E-state index contributed by atoms with van der Waals surface area (Å²) in [7, 11) is 0. The molecule has 7 aromatic carbocycles. The van der Waals surface area contributed by atoms with E-state index < -0.39 is 0 Å². The van der Waals surface area contributed by atoms with Gasteiger partial charge in [-0.2, -0.15) is 10.5 Å². The quantitative estimate of drug-likeness (QED) is 0.154. The van der Waals surface area contributed by atoms with Gasteiger partial charge in [0, 0.05) is 44.9 Å². The second-order valence-electron chi connectivity index (χ2n) is 15.2. The molecule has 0 bridgehead atoms. The molecule has 0 N–H and O–H groups in total. The highest BCUT2D eigenvalue weighted by molar-refractivity contribution is 6.12. The lowest BCUT2D eigenvalue weighted by molar-refractivity contribution is 1.07. The molecule has 0 amide bonds. The number of rotatable bonds is 6. The molecule has 64 heavy (non-hydrogen) atoms. The van der Waals surface area contributed by atoms with Crippen LogP contribution in [0.25, 0.3) is 110 Å². The minimum Gasteiger partial charge on any atom is -0.309 e. The molecule has 4 heterocycles. The summed E-state index contributed by atoms with van der Waals surface area (Å²) in [5.74, 6) is 1.55. The smallest absolute Gasteiger partial charge is 0.188 e. The summed E-state index contributed by atoms with van der Waals surface area (Å²) in [6, 6.07) is 56.8. The maximum Gasteiger partial charge on any atom is 0.188 e. The first-order valence-electron chi connectivity index (χ1n) is 20.2. The van der Waals surface area contributed by atoms with Crippen molar-refractivity contribution < 1.29 is 0 Å². The van der Waals surface area contributed by atoms with Crippen molar-refractivity contribution in [1.82, 2.24) is 29.1 Å². The van der Waals surface area contributed by atoms with E-state index in [1.165, 1.54) is 0 Å².